The lowest BCUT2D eigenvalue weighted by Crippen LogP contribution is -1.91. The Morgan fingerprint density at radius 1 is 0.900 bits per heavy atom. The van der Waals surface area contributed by atoms with Crippen molar-refractivity contribution in [3.05, 3.63) is 24.7 Å². The molecule has 10 heavy (non-hydrogen) atoms. The molecule has 0 aromatic heterocycles. The smallest absolute Gasteiger partial charge is 0.0764 e. The molecule has 0 aliphatic rings. The van der Waals surface area contributed by atoms with E-state index in [1.807, 2.05) is 0 Å². The highest BCUT2D eigenvalue weighted by Crippen LogP contribution is 1.53. The molecule has 0 aromatic carbocycles. The Bertz CT molecular complexity index is 79.7. The summed E-state index contributed by atoms with van der Waals surface area (Å²) in [4.78, 5) is 0. The van der Waals surface area contributed by atoms with Gasteiger partial charge in [-0.2, -0.15) is 0 Å². The summed E-state index contributed by atoms with van der Waals surface area (Å²) >= 11 is 0. The number of aliphatic hydroxyl groups excluding tert-OH is 2. The third-order valence-corrected chi connectivity index (χ3v) is 0.483. The topological polar surface area (TPSA) is 92.5 Å². The SMILES string of the molecule is NCC=CO.NCC=CO. The summed E-state index contributed by atoms with van der Waals surface area (Å²) in [6, 6.07) is 0. The van der Waals surface area contributed by atoms with E-state index in [1.165, 1.54) is 12.2 Å². The molecule has 0 amide bonds. The first-order chi connectivity index (χ1) is 4.83. The van der Waals surface area contributed by atoms with E-state index >= 15 is 0 Å². The van der Waals surface area contributed by atoms with E-state index in [1.54, 1.807) is 0 Å². The predicted molar refractivity (Wildman–Crippen MR) is 41.6 cm³/mol. The molecule has 0 atom stereocenters. The largest absolute Gasteiger partial charge is 0.516 e. The second kappa shape index (κ2) is 15.7. The van der Waals surface area contributed by atoms with Crippen LogP contribution in [0.4, 0.5) is 0 Å². The van der Waals surface area contributed by atoms with Crippen molar-refractivity contribution in [2.75, 3.05) is 13.1 Å². The third-order valence-electron chi connectivity index (χ3n) is 0.483. The summed E-state index contributed by atoms with van der Waals surface area (Å²) in [5.41, 5.74) is 9.78. The van der Waals surface area contributed by atoms with Gasteiger partial charge in [-0.1, -0.05) is 0 Å². The quantitative estimate of drug-likeness (QED) is 0.414. The van der Waals surface area contributed by atoms with Crippen LogP contribution in [-0.4, -0.2) is 23.3 Å². The highest BCUT2D eigenvalue weighted by atomic mass is 16.2. The number of aliphatic hydroxyl groups is 2. The number of nitrogens with two attached hydrogens (primary N) is 2. The Kier molecular flexibility index (Phi) is 18.4. The lowest BCUT2D eigenvalue weighted by molar-refractivity contribution is 0.471. The van der Waals surface area contributed by atoms with Gasteiger partial charge in [0.2, 0.25) is 0 Å². The van der Waals surface area contributed by atoms with Gasteiger partial charge in [0.25, 0.3) is 0 Å². The molecule has 0 radical (unpaired) electrons. The summed E-state index contributed by atoms with van der Waals surface area (Å²) < 4.78 is 0. The minimum Gasteiger partial charge on any atom is -0.516 e. The molecule has 0 fully saturated rings. The lowest BCUT2D eigenvalue weighted by atomic mass is 10.6. The van der Waals surface area contributed by atoms with Gasteiger partial charge in [0.05, 0.1) is 12.5 Å². The molecule has 60 valence electrons. The van der Waals surface area contributed by atoms with E-state index in [-0.39, 0.29) is 0 Å². The monoisotopic (exact) mass is 146 g/mol. The highest BCUT2D eigenvalue weighted by molar-refractivity contribution is 4.71. The standard InChI is InChI=1S/2C3H7NO/c2*4-2-1-3-5/h2*1,3,5H,2,4H2. The van der Waals surface area contributed by atoms with Crippen LogP contribution in [0, 0.1) is 0 Å². The van der Waals surface area contributed by atoms with E-state index in [4.69, 9.17) is 21.7 Å². The van der Waals surface area contributed by atoms with Crippen molar-refractivity contribution >= 4 is 0 Å². The summed E-state index contributed by atoms with van der Waals surface area (Å²) in [6.45, 7) is 0.826. The van der Waals surface area contributed by atoms with Crippen LogP contribution in [0.5, 0.6) is 0 Å². The second-order valence-electron chi connectivity index (χ2n) is 1.24. The summed E-state index contributed by atoms with van der Waals surface area (Å²) in [5.74, 6) is 0. The van der Waals surface area contributed by atoms with Gasteiger partial charge in [0.1, 0.15) is 0 Å². The van der Waals surface area contributed by atoms with Gasteiger partial charge < -0.3 is 21.7 Å². The predicted octanol–water partition coefficient (Wildman–Crippen LogP) is 0.0336. The Labute approximate surface area is 60.5 Å². The molecule has 0 saturated carbocycles. The van der Waals surface area contributed by atoms with Gasteiger partial charge in [-0.25, -0.2) is 0 Å². The zero-order valence-electron chi connectivity index (χ0n) is 5.77. The average molecular weight is 146 g/mol. The molecule has 0 aromatic rings. The molecule has 0 saturated heterocycles. The Hall–Kier alpha value is -1.00. The molecule has 0 aliphatic heterocycles. The first-order valence-corrected chi connectivity index (χ1v) is 2.82. The maximum Gasteiger partial charge on any atom is 0.0764 e. The Balaban J connectivity index is 0. The number of hydrogen-bond donors (Lipinski definition) is 4. The zero-order chi connectivity index (χ0) is 8.24. The Morgan fingerprint density at radius 3 is 1.20 bits per heavy atom. The Morgan fingerprint density at radius 2 is 1.20 bits per heavy atom. The molecule has 6 N–H and O–H groups in total. The van der Waals surface area contributed by atoms with Crippen molar-refractivity contribution < 1.29 is 10.2 Å². The molecule has 4 heteroatoms. The first-order valence-electron chi connectivity index (χ1n) is 2.82. The summed E-state index contributed by atoms with van der Waals surface area (Å²) in [5, 5.41) is 15.6. The maximum atomic E-state index is 7.81. The van der Waals surface area contributed by atoms with Crippen LogP contribution in [0.1, 0.15) is 0 Å². The van der Waals surface area contributed by atoms with Gasteiger partial charge in [0, 0.05) is 13.1 Å². The van der Waals surface area contributed by atoms with Crippen molar-refractivity contribution in [3.8, 4) is 0 Å². The summed E-state index contributed by atoms with van der Waals surface area (Å²) in [7, 11) is 0. The van der Waals surface area contributed by atoms with E-state index < -0.39 is 0 Å². The van der Waals surface area contributed by atoms with E-state index in [2.05, 4.69) is 0 Å². The molecular formula is C6H14N2O2. The molecule has 0 unspecified atom stereocenters. The van der Waals surface area contributed by atoms with Crippen molar-refractivity contribution in [1.82, 2.24) is 0 Å². The van der Waals surface area contributed by atoms with Crippen LogP contribution in [0.2, 0.25) is 0 Å². The van der Waals surface area contributed by atoms with Crippen molar-refractivity contribution in [2.24, 2.45) is 11.5 Å². The fourth-order valence-electron chi connectivity index (χ4n) is 0.122. The van der Waals surface area contributed by atoms with E-state index in [9.17, 15) is 0 Å². The fourth-order valence-corrected chi connectivity index (χ4v) is 0.122. The first kappa shape index (κ1) is 11.8. The van der Waals surface area contributed by atoms with Gasteiger partial charge >= 0.3 is 0 Å². The lowest BCUT2D eigenvalue weighted by Gasteiger charge is -1.67. The molecule has 0 bridgehead atoms. The van der Waals surface area contributed by atoms with Gasteiger partial charge in [-0.05, 0) is 12.2 Å². The van der Waals surface area contributed by atoms with Crippen LogP contribution in [-0.2, 0) is 0 Å². The average Bonchev–Trinajstić information content (AvgIpc) is 1.93. The highest BCUT2D eigenvalue weighted by Gasteiger charge is 1.53. The molecule has 0 aliphatic carbocycles. The third kappa shape index (κ3) is 28.0. The van der Waals surface area contributed by atoms with Crippen molar-refractivity contribution in [3.63, 3.8) is 0 Å². The number of hydrogen-bond acceptors (Lipinski definition) is 4. The van der Waals surface area contributed by atoms with Gasteiger partial charge in [-0.15, -0.1) is 0 Å². The maximum absolute atomic E-state index is 7.81. The van der Waals surface area contributed by atoms with Crippen LogP contribution in [0.25, 0.3) is 0 Å². The normalized spacial score (nSPS) is 9.80. The molecule has 0 spiro atoms. The van der Waals surface area contributed by atoms with Crippen LogP contribution in [0.15, 0.2) is 24.7 Å². The van der Waals surface area contributed by atoms with Crippen LogP contribution in [0.3, 0.4) is 0 Å². The molecule has 0 rings (SSSR count). The van der Waals surface area contributed by atoms with Crippen LogP contribution >= 0.6 is 0 Å². The van der Waals surface area contributed by atoms with Crippen molar-refractivity contribution in [1.29, 1.82) is 0 Å². The van der Waals surface area contributed by atoms with Crippen LogP contribution < -0.4 is 11.5 Å². The fraction of sp³-hybridized carbons (Fsp3) is 0.333. The number of rotatable bonds is 2. The molecule has 4 nitrogen and oxygen atoms in total. The minimum absolute atomic E-state index is 0.413. The minimum atomic E-state index is 0.413. The van der Waals surface area contributed by atoms with E-state index in [0.29, 0.717) is 13.1 Å². The summed E-state index contributed by atoms with van der Waals surface area (Å²) in [6.07, 6.45) is 4.78. The van der Waals surface area contributed by atoms with Gasteiger partial charge in [0.15, 0.2) is 0 Å². The van der Waals surface area contributed by atoms with E-state index in [0.717, 1.165) is 12.5 Å². The zero-order valence-corrected chi connectivity index (χ0v) is 5.77. The van der Waals surface area contributed by atoms with Gasteiger partial charge in [-0.3, -0.25) is 0 Å². The second-order valence-corrected chi connectivity index (χ2v) is 1.24. The molecule has 0 heterocycles. The molecular weight excluding hydrogens is 132 g/mol. The van der Waals surface area contributed by atoms with Crippen molar-refractivity contribution in [2.45, 2.75) is 0 Å².